The quantitative estimate of drug-likeness (QED) is 0.850. The summed E-state index contributed by atoms with van der Waals surface area (Å²) in [4.78, 5) is 12.4. The second kappa shape index (κ2) is 5.94. The van der Waals surface area contributed by atoms with Crippen molar-refractivity contribution in [3.05, 3.63) is 28.2 Å². The van der Waals surface area contributed by atoms with E-state index in [0.717, 1.165) is 15.8 Å². The number of halogens is 1. The molecule has 3 rings (SSSR count). The number of ether oxygens (including phenoxy) is 2. The first-order valence-electron chi connectivity index (χ1n) is 7.12. The van der Waals surface area contributed by atoms with Crippen LogP contribution in [0.2, 0.25) is 0 Å². The fraction of sp³-hybridized carbons (Fsp3) is 0.533. The fourth-order valence-electron chi connectivity index (χ4n) is 2.77. The van der Waals surface area contributed by atoms with Crippen molar-refractivity contribution in [3.63, 3.8) is 0 Å². The normalized spacial score (nSPS) is 23.8. The smallest absolute Gasteiger partial charge is 0.252 e. The largest absolute Gasteiger partial charge is 0.492 e. The molecular formula is C15H18BrNO4. The first-order valence-corrected chi connectivity index (χ1v) is 7.92. The van der Waals surface area contributed by atoms with Crippen LogP contribution in [-0.2, 0) is 9.53 Å². The average molecular weight is 356 g/mol. The number of fused-ring (bicyclic) bond motifs is 1. The lowest BCUT2D eigenvalue weighted by Crippen LogP contribution is -2.51. The molecular weight excluding hydrogens is 338 g/mol. The van der Waals surface area contributed by atoms with Gasteiger partial charge in [0.25, 0.3) is 5.91 Å². The Hall–Kier alpha value is -1.11. The first-order chi connectivity index (χ1) is 10.1. The van der Waals surface area contributed by atoms with Crippen molar-refractivity contribution in [1.29, 1.82) is 0 Å². The summed E-state index contributed by atoms with van der Waals surface area (Å²) in [5, 5.41) is 13.4. The van der Waals surface area contributed by atoms with E-state index in [2.05, 4.69) is 21.2 Å². The van der Waals surface area contributed by atoms with Crippen LogP contribution >= 0.6 is 15.9 Å². The molecule has 21 heavy (non-hydrogen) atoms. The molecule has 0 aromatic heterocycles. The van der Waals surface area contributed by atoms with Gasteiger partial charge < -0.3 is 19.9 Å². The molecule has 2 aliphatic rings. The van der Waals surface area contributed by atoms with Crippen LogP contribution in [0.1, 0.15) is 30.9 Å². The van der Waals surface area contributed by atoms with Crippen molar-refractivity contribution in [2.24, 2.45) is 0 Å². The second-order valence-corrected chi connectivity index (χ2v) is 6.32. The minimum absolute atomic E-state index is 0.134. The molecule has 5 nitrogen and oxygen atoms in total. The van der Waals surface area contributed by atoms with Crippen molar-refractivity contribution in [2.45, 2.75) is 30.9 Å². The molecule has 1 amide bonds. The predicted octanol–water partition coefficient (Wildman–Crippen LogP) is 1.93. The first kappa shape index (κ1) is 14.8. The topological polar surface area (TPSA) is 67.8 Å². The highest BCUT2D eigenvalue weighted by Gasteiger charge is 2.39. The third-order valence-electron chi connectivity index (χ3n) is 4.07. The SMILES string of the molecule is O=C(NC1CCOc2c(Br)cccc21)C1(O)CCOCC1. The molecule has 0 radical (unpaired) electrons. The standard InChI is InChI=1S/C15H18BrNO4/c16-11-3-1-2-10-12(4-7-21-13(10)11)17-14(18)15(19)5-8-20-9-6-15/h1-3,12,19H,4-9H2,(H,17,18). The Kier molecular flexibility index (Phi) is 4.19. The van der Waals surface area contributed by atoms with E-state index in [0.29, 0.717) is 39.1 Å². The number of nitrogens with one attached hydrogen (secondary N) is 1. The van der Waals surface area contributed by atoms with Crippen LogP contribution < -0.4 is 10.1 Å². The second-order valence-electron chi connectivity index (χ2n) is 5.47. The van der Waals surface area contributed by atoms with E-state index in [-0.39, 0.29) is 11.9 Å². The summed E-state index contributed by atoms with van der Waals surface area (Å²) in [7, 11) is 0. The molecule has 0 aliphatic carbocycles. The van der Waals surface area contributed by atoms with E-state index in [4.69, 9.17) is 9.47 Å². The van der Waals surface area contributed by atoms with Crippen LogP contribution in [0.15, 0.2) is 22.7 Å². The van der Waals surface area contributed by atoms with Gasteiger partial charge in [-0.15, -0.1) is 0 Å². The number of aliphatic hydroxyl groups is 1. The summed E-state index contributed by atoms with van der Waals surface area (Å²) < 4.78 is 11.7. The van der Waals surface area contributed by atoms with Crippen LogP contribution in [0.25, 0.3) is 0 Å². The highest BCUT2D eigenvalue weighted by atomic mass is 79.9. The van der Waals surface area contributed by atoms with Gasteiger partial charge in [-0.05, 0) is 22.0 Å². The molecule has 0 saturated carbocycles. The number of rotatable bonds is 2. The molecule has 6 heteroatoms. The summed E-state index contributed by atoms with van der Waals surface area (Å²) in [6, 6.07) is 5.64. The van der Waals surface area contributed by atoms with Gasteiger partial charge in [-0.2, -0.15) is 0 Å². The highest BCUT2D eigenvalue weighted by molar-refractivity contribution is 9.10. The molecule has 1 atom stereocenters. The Bertz CT molecular complexity index is 542. The summed E-state index contributed by atoms with van der Waals surface area (Å²) >= 11 is 3.46. The average Bonchev–Trinajstić information content (AvgIpc) is 2.49. The molecule has 2 heterocycles. The van der Waals surface area contributed by atoms with E-state index >= 15 is 0 Å². The Labute approximate surface area is 131 Å². The van der Waals surface area contributed by atoms with Crippen molar-refractivity contribution in [1.82, 2.24) is 5.32 Å². The molecule has 1 unspecified atom stereocenters. The van der Waals surface area contributed by atoms with Gasteiger partial charge in [-0.1, -0.05) is 12.1 Å². The molecule has 0 bridgehead atoms. The minimum atomic E-state index is -1.32. The van der Waals surface area contributed by atoms with Gasteiger partial charge >= 0.3 is 0 Å². The van der Waals surface area contributed by atoms with Crippen LogP contribution in [0.3, 0.4) is 0 Å². The summed E-state index contributed by atoms with van der Waals surface area (Å²) in [5.41, 5.74) is -0.373. The van der Waals surface area contributed by atoms with Gasteiger partial charge in [-0.25, -0.2) is 0 Å². The van der Waals surface area contributed by atoms with Gasteiger partial charge in [0, 0.05) is 38.0 Å². The van der Waals surface area contributed by atoms with Crippen molar-refractivity contribution >= 4 is 21.8 Å². The van der Waals surface area contributed by atoms with Gasteiger partial charge in [0.15, 0.2) is 0 Å². The number of hydrogen-bond donors (Lipinski definition) is 2. The molecule has 1 fully saturated rings. The summed E-state index contributed by atoms with van der Waals surface area (Å²) in [6.45, 7) is 1.38. The molecule has 1 aromatic rings. The zero-order valence-corrected chi connectivity index (χ0v) is 13.2. The van der Waals surface area contributed by atoms with Crippen molar-refractivity contribution in [2.75, 3.05) is 19.8 Å². The van der Waals surface area contributed by atoms with Crippen LogP contribution in [0, 0.1) is 0 Å². The van der Waals surface area contributed by atoms with Gasteiger partial charge in [0.05, 0.1) is 17.1 Å². The maximum absolute atomic E-state index is 12.4. The summed E-state index contributed by atoms with van der Waals surface area (Å²) in [6.07, 6.45) is 1.38. The number of hydrogen-bond acceptors (Lipinski definition) is 4. The minimum Gasteiger partial charge on any atom is -0.492 e. The Morgan fingerprint density at radius 3 is 2.86 bits per heavy atom. The third kappa shape index (κ3) is 2.93. The van der Waals surface area contributed by atoms with E-state index in [9.17, 15) is 9.90 Å². The zero-order valence-electron chi connectivity index (χ0n) is 11.6. The van der Waals surface area contributed by atoms with E-state index in [1.54, 1.807) is 0 Å². The molecule has 0 spiro atoms. The zero-order chi connectivity index (χ0) is 14.9. The third-order valence-corrected chi connectivity index (χ3v) is 4.70. The lowest BCUT2D eigenvalue weighted by atomic mass is 9.92. The predicted molar refractivity (Wildman–Crippen MR) is 80.1 cm³/mol. The molecule has 1 aromatic carbocycles. The lowest BCUT2D eigenvalue weighted by Gasteiger charge is -2.34. The number of carbonyl (C=O) groups is 1. The maximum Gasteiger partial charge on any atom is 0.252 e. The number of amides is 1. The van der Waals surface area contributed by atoms with Gasteiger partial charge in [-0.3, -0.25) is 4.79 Å². The van der Waals surface area contributed by atoms with Gasteiger partial charge in [0.1, 0.15) is 11.4 Å². The van der Waals surface area contributed by atoms with E-state index < -0.39 is 5.60 Å². The van der Waals surface area contributed by atoms with E-state index in [1.807, 2.05) is 18.2 Å². The monoisotopic (exact) mass is 355 g/mol. The molecule has 114 valence electrons. The van der Waals surface area contributed by atoms with Crippen molar-refractivity contribution in [3.8, 4) is 5.75 Å². The Morgan fingerprint density at radius 1 is 1.33 bits per heavy atom. The van der Waals surface area contributed by atoms with Crippen LogP contribution in [-0.4, -0.2) is 36.4 Å². The highest BCUT2D eigenvalue weighted by Crippen LogP contribution is 2.38. The maximum atomic E-state index is 12.4. The number of para-hydroxylation sites is 1. The Balaban J connectivity index is 1.77. The molecule has 1 saturated heterocycles. The van der Waals surface area contributed by atoms with E-state index in [1.165, 1.54) is 0 Å². The fourth-order valence-corrected chi connectivity index (χ4v) is 3.26. The molecule has 2 aliphatic heterocycles. The lowest BCUT2D eigenvalue weighted by molar-refractivity contribution is -0.150. The Morgan fingerprint density at radius 2 is 2.10 bits per heavy atom. The molecule has 2 N–H and O–H groups in total. The number of benzene rings is 1. The van der Waals surface area contributed by atoms with Gasteiger partial charge in [0.2, 0.25) is 0 Å². The summed E-state index contributed by atoms with van der Waals surface area (Å²) in [5.74, 6) is 0.455. The number of carbonyl (C=O) groups excluding carboxylic acids is 1. The van der Waals surface area contributed by atoms with Crippen molar-refractivity contribution < 1.29 is 19.4 Å². The van der Waals surface area contributed by atoms with Crippen LogP contribution in [0.5, 0.6) is 5.75 Å². The van der Waals surface area contributed by atoms with Crippen LogP contribution in [0.4, 0.5) is 0 Å².